The Morgan fingerprint density at radius 2 is 1.83 bits per heavy atom. The summed E-state index contributed by atoms with van der Waals surface area (Å²) in [6.07, 6.45) is 13.1. The number of rotatable bonds is 10. The van der Waals surface area contributed by atoms with Crippen molar-refractivity contribution in [3.8, 4) is 0 Å². The highest BCUT2D eigenvalue weighted by atomic mass is 16.4. The van der Waals surface area contributed by atoms with Crippen LogP contribution in [-0.4, -0.2) is 10.5 Å². The second kappa shape index (κ2) is 8.72. The number of aliphatic carboxylic acids is 1. The maximum absolute atomic E-state index is 10.2. The van der Waals surface area contributed by atoms with Gasteiger partial charge in [-0.1, -0.05) is 19.3 Å². The van der Waals surface area contributed by atoms with Crippen molar-refractivity contribution >= 4 is 5.97 Å². The molecule has 0 spiro atoms. The van der Waals surface area contributed by atoms with Crippen LogP contribution in [0.1, 0.15) is 51.9 Å². The van der Waals surface area contributed by atoms with E-state index in [-0.39, 0.29) is 6.42 Å². The molecule has 0 saturated heterocycles. The van der Waals surface area contributed by atoms with Crippen LogP contribution in [0.25, 0.3) is 0 Å². The fourth-order valence-corrected chi connectivity index (χ4v) is 2.03. The second-order valence-electron chi connectivity index (χ2n) is 4.73. The molecule has 0 saturated carbocycles. The zero-order chi connectivity index (χ0) is 13.2. The number of aromatic nitrogens is 2. The highest BCUT2D eigenvalue weighted by Gasteiger charge is 2.00. The predicted octanol–water partition coefficient (Wildman–Crippen LogP) is 1.28. The minimum atomic E-state index is -0.924. The summed E-state index contributed by atoms with van der Waals surface area (Å²) >= 11 is 0. The van der Waals surface area contributed by atoms with Crippen molar-refractivity contribution in [1.82, 2.24) is 4.57 Å². The summed E-state index contributed by atoms with van der Waals surface area (Å²) < 4.78 is 4.39. The number of carboxylic acids is 1. The quantitative estimate of drug-likeness (QED) is 0.465. The number of aryl methyl sites for hydroxylation is 2. The molecule has 0 aliphatic rings. The van der Waals surface area contributed by atoms with E-state index in [1.54, 1.807) is 0 Å². The molecule has 18 heavy (non-hydrogen) atoms. The molecule has 1 heterocycles. The average molecular weight is 252 g/mol. The molecule has 0 bridgehead atoms. The Kier molecular flexibility index (Phi) is 7.14. The van der Waals surface area contributed by atoms with E-state index in [1.807, 2.05) is 0 Å². The number of hydrogen-bond acceptors (Lipinski definition) is 2. The lowest BCUT2D eigenvalue weighted by atomic mass is 10.1. The molecule has 0 aliphatic carbocycles. The van der Waals surface area contributed by atoms with E-state index in [0.717, 1.165) is 32.4 Å². The third-order valence-electron chi connectivity index (χ3n) is 3.16. The zero-order valence-electron chi connectivity index (χ0n) is 11.3. The van der Waals surface area contributed by atoms with Crippen LogP contribution in [0.3, 0.4) is 0 Å². The lowest BCUT2D eigenvalue weighted by Crippen LogP contribution is -2.30. The van der Waals surface area contributed by atoms with E-state index in [1.165, 1.54) is 19.3 Å². The van der Waals surface area contributed by atoms with Crippen molar-refractivity contribution in [2.75, 3.05) is 0 Å². The minimum absolute atomic E-state index is 0.209. The van der Waals surface area contributed by atoms with Crippen LogP contribution in [0.4, 0.5) is 0 Å². The van der Waals surface area contributed by atoms with Gasteiger partial charge in [0.2, 0.25) is 6.33 Å². The van der Waals surface area contributed by atoms with Gasteiger partial charge in [0.15, 0.2) is 0 Å². The van der Waals surface area contributed by atoms with E-state index in [2.05, 4.69) is 34.8 Å². The minimum Gasteiger partial charge on any atom is -0.550 e. The molecule has 0 aliphatic heterocycles. The van der Waals surface area contributed by atoms with Gasteiger partial charge in [-0.15, -0.1) is 0 Å². The zero-order valence-corrected chi connectivity index (χ0v) is 11.3. The fraction of sp³-hybridized carbons (Fsp3) is 0.714. The number of unbranched alkanes of at least 4 members (excludes halogenated alkanes) is 5. The number of carboxylic acid groups (broad SMARTS) is 1. The van der Waals surface area contributed by atoms with Gasteiger partial charge in [0.05, 0.1) is 13.1 Å². The van der Waals surface area contributed by atoms with Gasteiger partial charge in [-0.05, 0) is 32.6 Å². The van der Waals surface area contributed by atoms with E-state index in [9.17, 15) is 9.90 Å². The van der Waals surface area contributed by atoms with Crippen LogP contribution in [0, 0.1) is 0 Å². The van der Waals surface area contributed by atoms with Crippen LogP contribution in [0.15, 0.2) is 18.7 Å². The highest BCUT2D eigenvalue weighted by Crippen LogP contribution is 2.06. The van der Waals surface area contributed by atoms with Crippen LogP contribution in [0.2, 0.25) is 0 Å². The molecular weight excluding hydrogens is 228 g/mol. The molecule has 0 N–H and O–H groups in total. The maximum Gasteiger partial charge on any atom is 0.243 e. The summed E-state index contributed by atoms with van der Waals surface area (Å²) in [5.74, 6) is -0.924. The Morgan fingerprint density at radius 1 is 1.17 bits per heavy atom. The van der Waals surface area contributed by atoms with E-state index >= 15 is 0 Å². The Bertz CT molecular complexity index is 347. The smallest absolute Gasteiger partial charge is 0.243 e. The first-order valence-corrected chi connectivity index (χ1v) is 6.97. The first kappa shape index (κ1) is 14.7. The average Bonchev–Trinajstić information content (AvgIpc) is 2.80. The third kappa shape index (κ3) is 6.42. The molecule has 0 aromatic carbocycles. The number of nitrogens with zero attached hydrogens (tertiary/aromatic N) is 2. The molecule has 0 atom stereocenters. The molecule has 1 aromatic heterocycles. The Labute approximate surface area is 109 Å². The standard InChI is InChI=1S/C14H24N2O2/c1-2-15-11-12-16(13-15)10-8-6-4-3-5-7-9-14(17)18/h11-13H,2-10H2,1H3. The van der Waals surface area contributed by atoms with Gasteiger partial charge in [-0.3, -0.25) is 0 Å². The van der Waals surface area contributed by atoms with Gasteiger partial charge < -0.3 is 9.90 Å². The summed E-state index contributed by atoms with van der Waals surface area (Å²) in [6.45, 7) is 4.23. The van der Waals surface area contributed by atoms with Gasteiger partial charge in [-0.25, -0.2) is 9.13 Å². The van der Waals surface area contributed by atoms with Crippen molar-refractivity contribution in [3.05, 3.63) is 18.7 Å². The molecule has 4 nitrogen and oxygen atoms in total. The molecule has 0 fully saturated rings. The number of imidazole rings is 1. The number of carbonyl (C=O) groups is 1. The summed E-state index contributed by atoms with van der Waals surface area (Å²) in [5, 5.41) is 10.2. The van der Waals surface area contributed by atoms with E-state index in [0.29, 0.717) is 0 Å². The topological polar surface area (TPSA) is 48.9 Å². The lowest BCUT2D eigenvalue weighted by Gasteiger charge is -2.02. The number of hydrogen-bond donors (Lipinski definition) is 0. The second-order valence-corrected chi connectivity index (χ2v) is 4.73. The molecule has 1 aromatic rings. The Balaban J connectivity index is 1.94. The van der Waals surface area contributed by atoms with Gasteiger partial charge in [0.1, 0.15) is 12.4 Å². The summed E-state index contributed by atoms with van der Waals surface area (Å²) in [7, 11) is 0. The van der Waals surface area contributed by atoms with Gasteiger partial charge in [0, 0.05) is 5.97 Å². The van der Waals surface area contributed by atoms with Crippen molar-refractivity contribution in [1.29, 1.82) is 0 Å². The predicted molar refractivity (Wildman–Crippen MR) is 67.6 cm³/mol. The molecule has 1 rings (SSSR count). The van der Waals surface area contributed by atoms with E-state index in [4.69, 9.17) is 0 Å². The van der Waals surface area contributed by atoms with Crippen molar-refractivity contribution < 1.29 is 14.5 Å². The highest BCUT2D eigenvalue weighted by molar-refractivity contribution is 5.63. The van der Waals surface area contributed by atoms with Gasteiger partial charge >= 0.3 is 0 Å². The molecule has 0 radical (unpaired) electrons. The molecular formula is C14H24N2O2. The summed E-state index contributed by atoms with van der Waals surface area (Å²) in [5.41, 5.74) is 0. The molecule has 0 amide bonds. The summed E-state index contributed by atoms with van der Waals surface area (Å²) in [4.78, 5) is 10.2. The normalized spacial score (nSPS) is 10.7. The fourth-order valence-electron chi connectivity index (χ4n) is 2.03. The molecule has 4 heteroatoms. The van der Waals surface area contributed by atoms with Crippen LogP contribution < -0.4 is 9.67 Å². The van der Waals surface area contributed by atoms with Gasteiger partial charge in [0.25, 0.3) is 0 Å². The van der Waals surface area contributed by atoms with E-state index < -0.39 is 5.97 Å². The van der Waals surface area contributed by atoms with Crippen molar-refractivity contribution in [2.45, 2.75) is 65.0 Å². The molecule has 102 valence electrons. The van der Waals surface area contributed by atoms with Crippen LogP contribution in [0.5, 0.6) is 0 Å². The Morgan fingerprint density at radius 3 is 2.44 bits per heavy atom. The van der Waals surface area contributed by atoms with Crippen molar-refractivity contribution in [2.24, 2.45) is 0 Å². The van der Waals surface area contributed by atoms with Gasteiger partial charge in [-0.2, -0.15) is 0 Å². The first-order valence-electron chi connectivity index (χ1n) is 6.97. The third-order valence-corrected chi connectivity index (χ3v) is 3.16. The van der Waals surface area contributed by atoms with Crippen LogP contribution in [-0.2, 0) is 17.9 Å². The maximum atomic E-state index is 10.2. The van der Waals surface area contributed by atoms with Crippen LogP contribution >= 0.6 is 0 Å². The van der Waals surface area contributed by atoms with Crippen molar-refractivity contribution in [3.63, 3.8) is 0 Å². The first-order chi connectivity index (χ1) is 8.72. The molecule has 0 unspecified atom stereocenters. The Hall–Kier alpha value is -1.32. The largest absolute Gasteiger partial charge is 0.550 e. The monoisotopic (exact) mass is 252 g/mol. The SMILES string of the molecule is CCn1cc[n+](CCCCCCCCC(=O)[O-])c1. The number of carbonyl (C=O) groups excluding carboxylic acids is 1. The summed E-state index contributed by atoms with van der Waals surface area (Å²) in [6, 6.07) is 0. The lowest BCUT2D eigenvalue weighted by molar-refractivity contribution is -0.696.